The molecule has 0 radical (unpaired) electrons. The molecule has 2 heterocycles. The van der Waals surface area contributed by atoms with E-state index in [1.165, 1.54) is 5.56 Å². The molecule has 0 fully saturated rings. The molecule has 0 aliphatic carbocycles. The molecule has 1 aliphatic heterocycles. The number of nitrogens with zero attached hydrogens (tertiary/aromatic N) is 2. The molecule has 118 valence electrons. The Hall–Kier alpha value is -3.21. The van der Waals surface area contributed by atoms with Gasteiger partial charge in [-0.05, 0) is 36.2 Å². The number of hydrogen-bond donors (Lipinski definition) is 2. The first kappa shape index (κ1) is 14.4. The summed E-state index contributed by atoms with van der Waals surface area (Å²) in [6, 6.07) is 13.8. The van der Waals surface area contributed by atoms with Crippen LogP contribution in [-0.4, -0.2) is 15.9 Å². The number of carbonyl (C=O) groups excluding carboxylic acids is 1. The summed E-state index contributed by atoms with van der Waals surface area (Å²) in [6.07, 6.45) is 3.56. The molecular weight excluding hydrogens is 300 g/mol. The molecule has 1 aromatic heterocycles. The van der Waals surface area contributed by atoms with Gasteiger partial charge in [-0.3, -0.25) is 4.79 Å². The van der Waals surface area contributed by atoms with Gasteiger partial charge < -0.3 is 10.6 Å². The largest absolute Gasteiger partial charge is 0.348 e. The monoisotopic (exact) mass is 316 g/mol. The van der Waals surface area contributed by atoms with E-state index < -0.39 is 0 Å². The summed E-state index contributed by atoms with van der Waals surface area (Å²) in [5.74, 6) is 0.523. The number of rotatable bonds is 3. The van der Waals surface area contributed by atoms with Crippen LogP contribution in [0.5, 0.6) is 0 Å². The maximum absolute atomic E-state index is 11.8. The summed E-state index contributed by atoms with van der Waals surface area (Å²) in [7, 11) is 0. The van der Waals surface area contributed by atoms with Crippen LogP contribution in [-0.2, 0) is 6.54 Å². The highest BCUT2D eigenvalue weighted by Gasteiger charge is 2.21. The lowest BCUT2D eigenvalue weighted by Crippen LogP contribution is -2.12. The third kappa shape index (κ3) is 2.60. The van der Waals surface area contributed by atoms with Gasteiger partial charge in [-0.1, -0.05) is 29.8 Å². The van der Waals surface area contributed by atoms with Gasteiger partial charge in [0.25, 0.3) is 5.91 Å². The first-order valence-corrected chi connectivity index (χ1v) is 7.77. The Morgan fingerprint density at radius 1 is 1.00 bits per heavy atom. The highest BCUT2D eigenvalue weighted by molar-refractivity contribution is 6.00. The zero-order valence-electron chi connectivity index (χ0n) is 13.2. The molecule has 5 heteroatoms. The molecule has 4 rings (SSSR count). The van der Waals surface area contributed by atoms with Crippen molar-refractivity contribution in [2.75, 3.05) is 5.32 Å². The van der Waals surface area contributed by atoms with E-state index in [9.17, 15) is 4.79 Å². The Bertz CT molecular complexity index is 902. The Kier molecular flexibility index (Phi) is 3.46. The third-order valence-corrected chi connectivity index (χ3v) is 4.12. The highest BCUT2D eigenvalue weighted by Crippen LogP contribution is 2.28. The second-order valence-electron chi connectivity index (χ2n) is 5.80. The Balaban J connectivity index is 1.61. The van der Waals surface area contributed by atoms with Gasteiger partial charge in [0.1, 0.15) is 0 Å². The quantitative estimate of drug-likeness (QED) is 0.777. The van der Waals surface area contributed by atoms with Gasteiger partial charge in [0.05, 0.1) is 0 Å². The van der Waals surface area contributed by atoms with Crippen LogP contribution in [0.3, 0.4) is 0 Å². The number of benzene rings is 2. The SMILES string of the molecule is Cc1ccc(Nc2ncc(-c3cccc4c3CNC4=O)cn2)cc1. The average molecular weight is 316 g/mol. The fourth-order valence-electron chi connectivity index (χ4n) is 2.82. The van der Waals surface area contributed by atoms with Crippen molar-refractivity contribution in [1.82, 2.24) is 15.3 Å². The van der Waals surface area contributed by atoms with Gasteiger partial charge in [-0.25, -0.2) is 9.97 Å². The summed E-state index contributed by atoms with van der Waals surface area (Å²) in [6.45, 7) is 2.60. The fraction of sp³-hybridized carbons (Fsp3) is 0.105. The van der Waals surface area contributed by atoms with E-state index in [0.717, 1.165) is 27.9 Å². The smallest absolute Gasteiger partial charge is 0.251 e. The van der Waals surface area contributed by atoms with E-state index in [-0.39, 0.29) is 5.91 Å². The number of carbonyl (C=O) groups is 1. The number of fused-ring (bicyclic) bond motifs is 1. The van der Waals surface area contributed by atoms with Crippen LogP contribution in [0.25, 0.3) is 11.1 Å². The zero-order valence-corrected chi connectivity index (χ0v) is 13.2. The normalized spacial score (nSPS) is 12.6. The van der Waals surface area contributed by atoms with E-state index in [0.29, 0.717) is 12.5 Å². The van der Waals surface area contributed by atoms with Crippen LogP contribution >= 0.6 is 0 Å². The first-order chi connectivity index (χ1) is 11.7. The van der Waals surface area contributed by atoms with Crippen molar-refractivity contribution in [3.8, 4) is 11.1 Å². The van der Waals surface area contributed by atoms with E-state index >= 15 is 0 Å². The molecule has 0 bridgehead atoms. The first-order valence-electron chi connectivity index (χ1n) is 7.77. The van der Waals surface area contributed by atoms with E-state index in [1.54, 1.807) is 12.4 Å². The van der Waals surface area contributed by atoms with Gasteiger partial charge in [0.15, 0.2) is 0 Å². The number of nitrogens with one attached hydrogen (secondary N) is 2. The molecule has 24 heavy (non-hydrogen) atoms. The van der Waals surface area contributed by atoms with Crippen LogP contribution in [0, 0.1) is 6.92 Å². The fourth-order valence-corrected chi connectivity index (χ4v) is 2.82. The molecule has 2 aromatic carbocycles. The summed E-state index contributed by atoms with van der Waals surface area (Å²) in [4.78, 5) is 20.6. The minimum absolute atomic E-state index is 0.0228. The Morgan fingerprint density at radius 2 is 1.71 bits per heavy atom. The molecule has 0 spiro atoms. The van der Waals surface area contributed by atoms with Gasteiger partial charge in [0, 0.05) is 35.8 Å². The molecule has 0 saturated heterocycles. The maximum Gasteiger partial charge on any atom is 0.251 e. The molecule has 5 nitrogen and oxygen atoms in total. The van der Waals surface area contributed by atoms with Crippen molar-refractivity contribution < 1.29 is 4.79 Å². The predicted molar refractivity (Wildman–Crippen MR) is 93.1 cm³/mol. The number of anilines is 2. The average Bonchev–Trinajstić information content (AvgIpc) is 2.99. The third-order valence-electron chi connectivity index (χ3n) is 4.12. The second-order valence-corrected chi connectivity index (χ2v) is 5.80. The molecular formula is C19H16N4O. The Morgan fingerprint density at radius 3 is 2.46 bits per heavy atom. The maximum atomic E-state index is 11.8. The molecule has 0 saturated carbocycles. The highest BCUT2D eigenvalue weighted by atomic mass is 16.1. The lowest BCUT2D eigenvalue weighted by molar-refractivity contribution is 0.0966. The van der Waals surface area contributed by atoms with E-state index in [2.05, 4.69) is 20.6 Å². The van der Waals surface area contributed by atoms with Gasteiger partial charge in [0.2, 0.25) is 5.95 Å². The number of amides is 1. The predicted octanol–water partition coefficient (Wildman–Crippen LogP) is 3.44. The van der Waals surface area contributed by atoms with Crippen molar-refractivity contribution >= 4 is 17.5 Å². The van der Waals surface area contributed by atoms with Crippen molar-refractivity contribution in [2.45, 2.75) is 13.5 Å². The summed E-state index contributed by atoms with van der Waals surface area (Å²) in [5.41, 5.74) is 5.78. The van der Waals surface area contributed by atoms with Gasteiger partial charge >= 0.3 is 0 Å². The standard InChI is InChI=1S/C19H16N4O/c1-12-5-7-14(8-6-12)23-19-21-9-13(10-22-19)15-3-2-4-16-17(15)11-20-18(16)24/h2-10H,11H2,1H3,(H,20,24)(H,21,22,23). The molecule has 1 aliphatic rings. The minimum atomic E-state index is -0.0228. The summed E-state index contributed by atoms with van der Waals surface area (Å²) >= 11 is 0. The lowest BCUT2D eigenvalue weighted by Gasteiger charge is -2.08. The van der Waals surface area contributed by atoms with Crippen LogP contribution in [0.15, 0.2) is 54.9 Å². The molecule has 3 aromatic rings. The summed E-state index contributed by atoms with van der Waals surface area (Å²) in [5, 5.41) is 6.03. The lowest BCUT2D eigenvalue weighted by atomic mass is 9.99. The van der Waals surface area contributed by atoms with Crippen LogP contribution in [0.2, 0.25) is 0 Å². The van der Waals surface area contributed by atoms with Crippen LogP contribution in [0.1, 0.15) is 21.5 Å². The van der Waals surface area contributed by atoms with Crippen molar-refractivity contribution in [2.24, 2.45) is 0 Å². The van der Waals surface area contributed by atoms with E-state index in [4.69, 9.17) is 0 Å². The van der Waals surface area contributed by atoms with Crippen molar-refractivity contribution in [1.29, 1.82) is 0 Å². The Labute approximate surface area is 139 Å². The van der Waals surface area contributed by atoms with Crippen molar-refractivity contribution in [3.05, 3.63) is 71.5 Å². The number of aryl methyl sites for hydroxylation is 1. The molecule has 0 unspecified atom stereocenters. The number of aromatic nitrogens is 2. The second kappa shape index (κ2) is 5.77. The zero-order chi connectivity index (χ0) is 16.5. The topological polar surface area (TPSA) is 66.9 Å². The minimum Gasteiger partial charge on any atom is -0.348 e. The molecule has 1 amide bonds. The van der Waals surface area contributed by atoms with Crippen LogP contribution < -0.4 is 10.6 Å². The van der Waals surface area contributed by atoms with E-state index in [1.807, 2.05) is 49.4 Å². The van der Waals surface area contributed by atoms with Gasteiger partial charge in [-0.15, -0.1) is 0 Å². The molecule has 0 atom stereocenters. The van der Waals surface area contributed by atoms with Gasteiger partial charge in [-0.2, -0.15) is 0 Å². The number of hydrogen-bond acceptors (Lipinski definition) is 4. The van der Waals surface area contributed by atoms with Crippen LogP contribution in [0.4, 0.5) is 11.6 Å². The molecule has 2 N–H and O–H groups in total. The summed E-state index contributed by atoms with van der Waals surface area (Å²) < 4.78 is 0. The van der Waals surface area contributed by atoms with Crippen molar-refractivity contribution in [3.63, 3.8) is 0 Å².